The molecule has 0 N–H and O–H groups in total. The van der Waals surface area contributed by atoms with E-state index in [-0.39, 0.29) is 17.4 Å². The lowest BCUT2D eigenvalue weighted by atomic mass is 10.1. The molecule has 6 nitrogen and oxygen atoms in total. The minimum atomic E-state index is -4.73. The van der Waals surface area contributed by atoms with Gasteiger partial charge in [-0.3, -0.25) is 19.8 Å². The Morgan fingerprint density at radius 3 is 2.51 bits per heavy atom. The summed E-state index contributed by atoms with van der Waals surface area (Å²) in [7, 11) is 0. The van der Waals surface area contributed by atoms with Crippen molar-refractivity contribution in [3.8, 4) is 11.5 Å². The van der Waals surface area contributed by atoms with Gasteiger partial charge < -0.3 is 4.74 Å². The van der Waals surface area contributed by atoms with Gasteiger partial charge in [-0.25, -0.2) is 0 Å². The van der Waals surface area contributed by atoms with Crippen LogP contribution in [0.15, 0.2) is 71.6 Å². The first kappa shape index (κ1) is 24.4. The van der Waals surface area contributed by atoms with E-state index in [1.807, 2.05) is 25.1 Å². The number of anilines is 1. The second-order valence-electron chi connectivity index (χ2n) is 7.42. The summed E-state index contributed by atoms with van der Waals surface area (Å²) < 4.78 is 44.7. The quantitative estimate of drug-likeness (QED) is 0.156. The first-order valence-electron chi connectivity index (χ1n) is 10.0. The molecule has 1 aliphatic heterocycles. The molecule has 0 spiro atoms. The number of benzene rings is 3. The van der Waals surface area contributed by atoms with Gasteiger partial charge >= 0.3 is 11.9 Å². The maximum Gasteiger partial charge on any atom is 0.416 e. The first-order valence-corrected chi connectivity index (χ1v) is 11.2. The lowest BCUT2D eigenvalue weighted by Crippen LogP contribution is -2.28. The number of para-hydroxylation sites is 1. The van der Waals surface area contributed by atoms with Gasteiger partial charge in [-0.1, -0.05) is 54.3 Å². The molecule has 0 unspecified atom stereocenters. The van der Waals surface area contributed by atoms with Crippen molar-refractivity contribution in [1.82, 2.24) is 0 Å². The van der Waals surface area contributed by atoms with Crippen molar-refractivity contribution in [2.75, 3.05) is 4.90 Å². The molecular weight excluding hydrogens is 501 g/mol. The standard InChI is InChI=1S/C24H15F3N2O4S2/c1-14-5-2-3-8-18(14)28-22(30)21(35-23(28)34)12-15-6-4-7-17(11-15)33-20-10-9-16(24(25,26)27)13-19(20)29(31)32/h2-13H,1H3/b21-12+. The number of carbonyl (C=O) groups is 1. The fourth-order valence-electron chi connectivity index (χ4n) is 3.36. The molecule has 0 saturated carbocycles. The summed E-state index contributed by atoms with van der Waals surface area (Å²) in [6, 6.07) is 15.7. The number of alkyl halides is 3. The Kier molecular flexibility index (Phi) is 6.64. The maximum atomic E-state index is 13.0. The van der Waals surface area contributed by atoms with E-state index in [2.05, 4.69) is 0 Å². The molecule has 3 aromatic carbocycles. The zero-order chi connectivity index (χ0) is 25.3. The van der Waals surface area contributed by atoms with Gasteiger partial charge in [0.25, 0.3) is 5.91 Å². The number of nitrogens with zero attached hydrogens (tertiary/aromatic N) is 2. The third-order valence-electron chi connectivity index (χ3n) is 5.02. The Labute approximate surface area is 207 Å². The molecule has 1 fully saturated rings. The summed E-state index contributed by atoms with van der Waals surface area (Å²) in [5.74, 6) is -0.485. The van der Waals surface area contributed by atoms with Crippen LogP contribution in [0, 0.1) is 17.0 Å². The molecule has 3 aromatic rings. The average molecular weight is 517 g/mol. The van der Waals surface area contributed by atoms with Crippen LogP contribution >= 0.6 is 24.0 Å². The lowest BCUT2D eigenvalue weighted by Gasteiger charge is -2.16. The van der Waals surface area contributed by atoms with Crippen LogP contribution in [0.3, 0.4) is 0 Å². The number of nitro groups is 1. The summed E-state index contributed by atoms with van der Waals surface area (Å²) >= 11 is 6.53. The molecule has 1 amide bonds. The van der Waals surface area contributed by atoms with E-state index >= 15 is 0 Å². The monoisotopic (exact) mass is 516 g/mol. The predicted octanol–water partition coefficient (Wildman–Crippen LogP) is 7.12. The minimum Gasteiger partial charge on any atom is -0.450 e. The van der Waals surface area contributed by atoms with E-state index in [0.29, 0.717) is 32.6 Å². The third kappa shape index (κ3) is 5.20. The van der Waals surface area contributed by atoms with Crippen molar-refractivity contribution < 1.29 is 27.6 Å². The zero-order valence-electron chi connectivity index (χ0n) is 17.9. The molecule has 1 saturated heterocycles. The average Bonchev–Trinajstić information content (AvgIpc) is 3.06. The zero-order valence-corrected chi connectivity index (χ0v) is 19.5. The molecule has 4 rings (SSSR count). The van der Waals surface area contributed by atoms with Crippen molar-refractivity contribution in [3.63, 3.8) is 0 Å². The molecule has 0 bridgehead atoms. The summed E-state index contributed by atoms with van der Waals surface area (Å²) in [6.07, 6.45) is -3.13. The molecule has 0 atom stereocenters. The molecular formula is C24H15F3N2O4S2. The fourth-order valence-corrected chi connectivity index (χ4v) is 4.64. The number of thioether (sulfide) groups is 1. The van der Waals surface area contributed by atoms with Crippen molar-refractivity contribution in [3.05, 3.63) is 98.4 Å². The largest absolute Gasteiger partial charge is 0.450 e. The number of rotatable bonds is 5. The van der Waals surface area contributed by atoms with Gasteiger partial charge in [-0.15, -0.1) is 0 Å². The number of halogens is 3. The topological polar surface area (TPSA) is 72.7 Å². The second kappa shape index (κ2) is 9.51. The Bertz CT molecular complexity index is 1390. The van der Waals surface area contributed by atoms with Crippen molar-refractivity contribution in [2.24, 2.45) is 0 Å². The van der Waals surface area contributed by atoms with Crippen molar-refractivity contribution in [1.29, 1.82) is 0 Å². The number of amides is 1. The number of nitro benzene ring substituents is 1. The Morgan fingerprint density at radius 1 is 1.09 bits per heavy atom. The van der Waals surface area contributed by atoms with Gasteiger partial charge in [0.05, 0.1) is 21.1 Å². The molecule has 11 heteroatoms. The first-order chi connectivity index (χ1) is 16.5. The predicted molar refractivity (Wildman–Crippen MR) is 131 cm³/mol. The molecule has 0 aliphatic carbocycles. The van der Waals surface area contributed by atoms with Gasteiger partial charge in [0, 0.05) is 6.07 Å². The molecule has 0 aromatic heterocycles. The number of hydrogen-bond donors (Lipinski definition) is 0. The third-order valence-corrected chi connectivity index (χ3v) is 6.32. The van der Waals surface area contributed by atoms with Gasteiger partial charge in [0.1, 0.15) is 5.75 Å². The fraction of sp³-hybridized carbons (Fsp3) is 0.0833. The van der Waals surface area contributed by atoms with E-state index < -0.39 is 22.4 Å². The van der Waals surface area contributed by atoms with Crippen LogP contribution in [0.25, 0.3) is 6.08 Å². The van der Waals surface area contributed by atoms with Crippen molar-refractivity contribution >= 4 is 51.7 Å². The van der Waals surface area contributed by atoms with Crippen LogP contribution in [0.5, 0.6) is 11.5 Å². The van der Waals surface area contributed by atoms with Gasteiger partial charge in [-0.2, -0.15) is 13.2 Å². The smallest absolute Gasteiger partial charge is 0.416 e. The van der Waals surface area contributed by atoms with Crippen LogP contribution in [0.2, 0.25) is 0 Å². The normalized spacial score (nSPS) is 15.1. The summed E-state index contributed by atoms with van der Waals surface area (Å²) in [6.45, 7) is 1.87. The van der Waals surface area contributed by atoms with Crippen LogP contribution < -0.4 is 9.64 Å². The van der Waals surface area contributed by atoms with Gasteiger partial charge in [-0.05, 0) is 54.5 Å². The highest BCUT2D eigenvalue weighted by Gasteiger charge is 2.35. The number of carbonyl (C=O) groups excluding carboxylic acids is 1. The maximum absolute atomic E-state index is 13.0. The summed E-state index contributed by atoms with van der Waals surface area (Å²) in [4.78, 5) is 25.2. The van der Waals surface area contributed by atoms with Gasteiger partial charge in [0.2, 0.25) is 5.75 Å². The number of ether oxygens (including phenoxy) is 1. The van der Waals surface area contributed by atoms with Crippen molar-refractivity contribution in [2.45, 2.75) is 13.1 Å². The highest BCUT2D eigenvalue weighted by Crippen LogP contribution is 2.39. The summed E-state index contributed by atoms with van der Waals surface area (Å²) in [5, 5.41) is 11.3. The highest BCUT2D eigenvalue weighted by molar-refractivity contribution is 8.27. The molecule has 1 heterocycles. The number of hydrogen-bond acceptors (Lipinski definition) is 6. The van der Waals surface area contributed by atoms with Crippen LogP contribution in [-0.2, 0) is 11.0 Å². The Hall–Kier alpha value is -3.70. The van der Waals surface area contributed by atoms with E-state index in [4.69, 9.17) is 17.0 Å². The lowest BCUT2D eigenvalue weighted by molar-refractivity contribution is -0.385. The summed E-state index contributed by atoms with van der Waals surface area (Å²) in [5.41, 5.74) is 0.149. The molecule has 35 heavy (non-hydrogen) atoms. The molecule has 0 radical (unpaired) electrons. The van der Waals surface area contributed by atoms with Crippen LogP contribution in [0.4, 0.5) is 24.5 Å². The molecule has 178 valence electrons. The van der Waals surface area contributed by atoms with E-state index in [0.717, 1.165) is 23.4 Å². The van der Waals surface area contributed by atoms with E-state index in [1.54, 1.807) is 24.3 Å². The Balaban J connectivity index is 1.61. The van der Waals surface area contributed by atoms with Gasteiger partial charge in [0.15, 0.2) is 4.32 Å². The van der Waals surface area contributed by atoms with E-state index in [9.17, 15) is 28.1 Å². The van der Waals surface area contributed by atoms with Crippen LogP contribution in [0.1, 0.15) is 16.7 Å². The second-order valence-corrected chi connectivity index (χ2v) is 9.09. The Morgan fingerprint density at radius 2 is 1.83 bits per heavy atom. The number of aryl methyl sites for hydroxylation is 1. The van der Waals surface area contributed by atoms with E-state index in [1.165, 1.54) is 17.0 Å². The highest BCUT2D eigenvalue weighted by atomic mass is 32.2. The SMILES string of the molecule is Cc1ccccc1N1C(=O)/C(=C\c2cccc(Oc3ccc(C(F)(F)F)cc3[N+](=O)[O-])c2)SC1=S. The number of thiocarbonyl (C=S) groups is 1. The minimum absolute atomic E-state index is 0.149. The molecule has 1 aliphatic rings. The van der Waals surface area contributed by atoms with Crippen LogP contribution in [-0.4, -0.2) is 15.2 Å².